The summed E-state index contributed by atoms with van der Waals surface area (Å²) in [5.74, 6) is 0.320. The molecule has 2 spiro atoms. The van der Waals surface area contributed by atoms with Gasteiger partial charge in [0, 0.05) is 44.6 Å². The van der Waals surface area contributed by atoms with Gasteiger partial charge in [-0.05, 0) is 59.1 Å². The second-order valence-corrected chi connectivity index (χ2v) is 14.8. The fourth-order valence-corrected chi connectivity index (χ4v) is 11.3. The largest absolute Gasteiger partial charge is 0.351 e. The number of rotatable bonds is 2. The van der Waals surface area contributed by atoms with Gasteiger partial charge in [-0.3, -0.25) is 0 Å². The number of thiophene rings is 2. The van der Waals surface area contributed by atoms with Crippen molar-refractivity contribution in [2.24, 2.45) is 21.8 Å². The molecule has 2 heterocycles. The van der Waals surface area contributed by atoms with Gasteiger partial charge in [-0.2, -0.15) is 0 Å². The Balaban J connectivity index is 1.26. The first kappa shape index (κ1) is 27.2. The van der Waals surface area contributed by atoms with Crippen molar-refractivity contribution in [2.45, 2.75) is 75.0 Å². The van der Waals surface area contributed by atoms with Crippen molar-refractivity contribution in [1.82, 2.24) is 0 Å². The maximum Gasteiger partial charge on any atom is 0.350 e. The van der Waals surface area contributed by atoms with Crippen LogP contribution in [-0.4, -0.2) is 11.7 Å². The molecule has 2 unspecified atom stereocenters. The SMILES string of the molecule is [C-]#[N+]/C(C#N)=N\c1cc2c(s1)C1=CC3C=C4C(=CC3C=C1C21CCCCC1)c1sc(/N=C(\C#N)[N+]#[C-])cc1C41CCCCC1. The van der Waals surface area contributed by atoms with E-state index in [1.54, 1.807) is 22.7 Å². The number of fused-ring (bicyclic) bond motifs is 11. The highest BCUT2D eigenvalue weighted by Gasteiger charge is 2.52. The maximum atomic E-state index is 9.35. The minimum Gasteiger partial charge on any atom is -0.351 e. The van der Waals surface area contributed by atoms with Crippen molar-refractivity contribution in [3.63, 3.8) is 0 Å². The summed E-state index contributed by atoms with van der Waals surface area (Å²) in [6.45, 7) is 14.6. The van der Waals surface area contributed by atoms with Gasteiger partial charge in [-0.15, -0.1) is 0 Å². The molecule has 0 aromatic carbocycles. The predicted molar refractivity (Wildman–Crippen MR) is 176 cm³/mol. The number of hydrogen-bond donors (Lipinski definition) is 0. The Labute approximate surface area is 265 Å². The first-order valence-electron chi connectivity index (χ1n) is 15.4. The van der Waals surface area contributed by atoms with Crippen LogP contribution in [0.5, 0.6) is 0 Å². The number of aliphatic imine (C=N–C) groups is 2. The topological polar surface area (TPSA) is 81.0 Å². The summed E-state index contributed by atoms with van der Waals surface area (Å²) < 4.78 is 0. The van der Waals surface area contributed by atoms with Crippen LogP contribution in [0.2, 0.25) is 0 Å². The molecule has 214 valence electrons. The molecule has 6 aliphatic rings. The second kappa shape index (κ2) is 10.1. The van der Waals surface area contributed by atoms with E-state index < -0.39 is 0 Å². The molecule has 0 radical (unpaired) electrons. The molecule has 2 atom stereocenters. The number of amidine groups is 2. The number of nitriles is 2. The molecular formula is C36H28N6S2. The molecular weight excluding hydrogens is 581 g/mol. The smallest absolute Gasteiger partial charge is 0.350 e. The highest BCUT2D eigenvalue weighted by atomic mass is 32.1. The van der Waals surface area contributed by atoms with E-state index in [9.17, 15) is 10.5 Å². The van der Waals surface area contributed by atoms with Gasteiger partial charge in [-0.25, -0.2) is 10.5 Å². The van der Waals surface area contributed by atoms with E-state index in [4.69, 9.17) is 13.1 Å². The van der Waals surface area contributed by atoms with Gasteiger partial charge in [0.15, 0.2) is 0 Å². The molecule has 6 nitrogen and oxygen atoms in total. The first-order valence-corrected chi connectivity index (χ1v) is 17.1. The Morgan fingerprint density at radius 2 is 1.09 bits per heavy atom. The Morgan fingerprint density at radius 1 is 0.682 bits per heavy atom. The summed E-state index contributed by atoms with van der Waals surface area (Å²) in [7, 11) is 0. The van der Waals surface area contributed by atoms with E-state index in [2.05, 4.69) is 56.1 Å². The van der Waals surface area contributed by atoms with Gasteiger partial charge < -0.3 is 9.69 Å². The van der Waals surface area contributed by atoms with E-state index in [1.165, 1.54) is 81.7 Å². The van der Waals surface area contributed by atoms with Crippen molar-refractivity contribution >= 4 is 55.5 Å². The minimum absolute atomic E-state index is 0.0221. The van der Waals surface area contributed by atoms with E-state index >= 15 is 0 Å². The van der Waals surface area contributed by atoms with Gasteiger partial charge in [0.1, 0.15) is 12.1 Å². The third-order valence-electron chi connectivity index (χ3n) is 10.7. The second-order valence-electron chi connectivity index (χ2n) is 12.7. The van der Waals surface area contributed by atoms with Gasteiger partial charge >= 0.3 is 11.7 Å². The van der Waals surface area contributed by atoms with E-state index in [1.807, 2.05) is 12.1 Å². The lowest BCUT2D eigenvalue weighted by Gasteiger charge is -2.40. The lowest BCUT2D eigenvalue weighted by molar-refractivity contribution is 0.347. The Kier molecular flexibility index (Phi) is 6.25. The molecule has 0 bridgehead atoms. The molecule has 2 aromatic rings. The van der Waals surface area contributed by atoms with Crippen LogP contribution in [0, 0.1) is 47.6 Å². The summed E-state index contributed by atoms with van der Waals surface area (Å²) in [6.07, 6.45) is 21.9. The summed E-state index contributed by atoms with van der Waals surface area (Å²) >= 11 is 3.27. The van der Waals surface area contributed by atoms with Crippen LogP contribution in [0.3, 0.4) is 0 Å². The molecule has 0 N–H and O–H groups in total. The molecule has 2 aromatic heterocycles. The van der Waals surface area contributed by atoms with Crippen molar-refractivity contribution in [1.29, 1.82) is 10.5 Å². The molecule has 6 aliphatic carbocycles. The standard InChI is InChI=1S/C36H28N6S2/c1-39-29(19-37)41-31-17-27-33(43-31)23-13-21-16-26-24(14-22(21)15-25(23)35(27)9-5-3-6-10-35)34-28(36(26)11-7-4-8-12-36)18-32(44-34)42-30(20-38)40-2/h13-18,21-22H,3-12H2/b41-29-,42-30+. The third-order valence-corrected chi connectivity index (χ3v) is 12.8. The van der Waals surface area contributed by atoms with E-state index in [-0.39, 0.29) is 34.3 Å². The van der Waals surface area contributed by atoms with E-state index in [0.29, 0.717) is 0 Å². The highest BCUT2D eigenvalue weighted by molar-refractivity contribution is 7.17. The van der Waals surface area contributed by atoms with Crippen LogP contribution in [-0.2, 0) is 10.8 Å². The molecule has 0 aliphatic heterocycles. The molecule has 0 amide bonds. The number of nitrogens with zero attached hydrogens (tertiary/aromatic N) is 6. The average molecular weight is 609 g/mol. The van der Waals surface area contributed by atoms with Gasteiger partial charge in [0.25, 0.3) is 0 Å². The molecule has 2 fully saturated rings. The van der Waals surface area contributed by atoms with Crippen LogP contribution in [0.15, 0.2) is 57.6 Å². The zero-order valence-corrected chi connectivity index (χ0v) is 25.8. The summed E-state index contributed by atoms with van der Waals surface area (Å²) in [5, 5.41) is 20.2. The molecule has 0 saturated heterocycles. The normalized spacial score (nSPS) is 25.5. The van der Waals surface area contributed by atoms with Crippen LogP contribution in [0.1, 0.15) is 85.1 Å². The first-order chi connectivity index (χ1) is 21.5. The quantitative estimate of drug-likeness (QED) is 0.193. The molecule has 8 rings (SSSR count). The fraction of sp³-hybridized carbons (Fsp3) is 0.389. The zero-order chi connectivity index (χ0) is 30.1. The van der Waals surface area contributed by atoms with Gasteiger partial charge in [0.05, 0.1) is 0 Å². The summed E-state index contributed by atoms with van der Waals surface area (Å²) in [5.41, 5.74) is 8.27. The number of hydrogen-bond acceptors (Lipinski definition) is 6. The van der Waals surface area contributed by atoms with Crippen molar-refractivity contribution in [2.75, 3.05) is 0 Å². The van der Waals surface area contributed by atoms with Gasteiger partial charge in [-0.1, -0.05) is 109 Å². The van der Waals surface area contributed by atoms with Crippen LogP contribution in [0.25, 0.3) is 20.8 Å². The van der Waals surface area contributed by atoms with Crippen LogP contribution >= 0.6 is 22.7 Å². The monoisotopic (exact) mass is 608 g/mol. The average Bonchev–Trinajstić information content (AvgIpc) is 3.79. The lowest BCUT2D eigenvalue weighted by atomic mass is 9.63. The minimum atomic E-state index is -0.107. The Hall–Kier alpha value is -4.34. The molecule has 2 saturated carbocycles. The third kappa shape index (κ3) is 3.78. The zero-order valence-electron chi connectivity index (χ0n) is 24.2. The lowest BCUT2D eigenvalue weighted by Crippen LogP contribution is -2.31. The van der Waals surface area contributed by atoms with Crippen molar-refractivity contribution in [3.05, 3.63) is 91.3 Å². The molecule has 8 heteroatoms. The maximum absolute atomic E-state index is 9.35. The Bertz CT molecular complexity index is 1810. The number of allylic oxidation sites excluding steroid dienone is 8. The fourth-order valence-electron chi connectivity index (χ4n) is 8.91. The van der Waals surface area contributed by atoms with E-state index in [0.717, 1.165) is 35.7 Å². The summed E-state index contributed by atoms with van der Waals surface area (Å²) in [6, 6.07) is 8.19. The van der Waals surface area contributed by atoms with Crippen LogP contribution in [0.4, 0.5) is 10.0 Å². The molecule has 44 heavy (non-hydrogen) atoms. The van der Waals surface area contributed by atoms with Crippen molar-refractivity contribution in [3.8, 4) is 12.1 Å². The van der Waals surface area contributed by atoms with Crippen molar-refractivity contribution < 1.29 is 0 Å². The highest BCUT2D eigenvalue weighted by Crippen LogP contribution is 2.65. The Morgan fingerprint density at radius 3 is 1.45 bits per heavy atom. The summed E-state index contributed by atoms with van der Waals surface area (Å²) in [4.78, 5) is 18.0. The van der Waals surface area contributed by atoms with Crippen LogP contribution < -0.4 is 0 Å². The van der Waals surface area contributed by atoms with Gasteiger partial charge in [0.2, 0.25) is 10.0 Å². The predicted octanol–water partition coefficient (Wildman–Crippen LogP) is 9.77.